The van der Waals surface area contributed by atoms with E-state index in [0.29, 0.717) is 24.5 Å². The van der Waals surface area contributed by atoms with Gasteiger partial charge in [0.05, 0.1) is 5.69 Å². The van der Waals surface area contributed by atoms with Crippen molar-refractivity contribution in [3.05, 3.63) is 11.1 Å². The van der Waals surface area contributed by atoms with Crippen LogP contribution in [0.1, 0.15) is 38.3 Å². The summed E-state index contributed by atoms with van der Waals surface area (Å²) in [5.74, 6) is -0.802. The lowest BCUT2D eigenvalue weighted by molar-refractivity contribution is -0.137. The summed E-state index contributed by atoms with van der Waals surface area (Å²) in [7, 11) is 0. The number of thiazole rings is 1. The fraction of sp³-hybridized carbons (Fsp3) is 0.583. The van der Waals surface area contributed by atoms with Crippen LogP contribution in [0.4, 0.5) is 9.93 Å². The standard InChI is InChI=1S/C12H19N3O3S/c1-2-3-7-13-11(18)15-12-14-9(8-19-12)5-4-6-10(16)17/h8H,2-7H2,1H3,(H,16,17)(H2,13,14,15,18). The Balaban J connectivity index is 2.29. The lowest BCUT2D eigenvalue weighted by atomic mass is 10.2. The minimum absolute atomic E-state index is 0.137. The molecule has 0 fully saturated rings. The van der Waals surface area contributed by atoms with Gasteiger partial charge in [-0.2, -0.15) is 0 Å². The van der Waals surface area contributed by atoms with Crippen molar-refractivity contribution in [3.63, 3.8) is 0 Å². The average Bonchev–Trinajstić information content (AvgIpc) is 2.76. The summed E-state index contributed by atoms with van der Waals surface area (Å²) in [5.41, 5.74) is 0.815. The van der Waals surface area contributed by atoms with Gasteiger partial charge in [-0.25, -0.2) is 9.78 Å². The summed E-state index contributed by atoms with van der Waals surface area (Å²) in [6.07, 6.45) is 3.29. The number of aromatic nitrogens is 1. The van der Waals surface area contributed by atoms with E-state index in [0.717, 1.165) is 18.5 Å². The van der Waals surface area contributed by atoms with E-state index in [1.54, 1.807) is 0 Å². The Bertz CT molecular complexity index is 420. The number of anilines is 1. The van der Waals surface area contributed by atoms with Gasteiger partial charge in [-0.05, 0) is 19.3 Å². The van der Waals surface area contributed by atoms with Crippen LogP contribution in [0.2, 0.25) is 0 Å². The molecule has 3 N–H and O–H groups in total. The third-order valence-electron chi connectivity index (χ3n) is 2.41. The van der Waals surface area contributed by atoms with Crippen molar-refractivity contribution in [3.8, 4) is 0 Å². The first kappa shape index (κ1) is 15.4. The van der Waals surface area contributed by atoms with Gasteiger partial charge in [-0.15, -0.1) is 11.3 Å². The number of unbranched alkanes of at least 4 members (excludes halogenated alkanes) is 1. The molecule has 0 radical (unpaired) electrons. The molecule has 1 aromatic heterocycles. The lowest BCUT2D eigenvalue weighted by Gasteiger charge is -2.03. The molecule has 0 aliphatic carbocycles. The Morgan fingerprint density at radius 2 is 2.21 bits per heavy atom. The van der Waals surface area contributed by atoms with Crippen molar-refractivity contribution < 1.29 is 14.7 Å². The number of nitrogens with one attached hydrogen (secondary N) is 2. The predicted octanol–water partition coefficient (Wildman–Crippen LogP) is 2.47. The molecule has 1 aromatic rings. The molecular formula is C12H19N3O3S. The number of nitrogens with zero attached hydrogens (tertiary/aromatic N) is 1. The maximum Gasteiger partial charge on any atom is 0.321 e. The molecule has 0 spiro atoms. The Labute approximate surface area is 116 Å². The number of urea groups is 1. The number of hydrogen-bond donors (Lipinski definition) is 3. The molecule has 1 heterocycles. The lowest BCUT2D eigenvalue weighted by Crippen LogP contribution is -2.29. The van der Waals surface area contributed by atoms with E-state index in [1.165, 1.54) is 11.3 Å². The van der Waals surface area contributed by atoms with E-state index >= 15 is 0 Å². The number of rotatable bonds is 8. The summed E-state index contributed by atoms with van der Waals surface area (Å²) in [4.78, 5) is 26.1. The molecule has 106 valence electrons. The number of carboxylic acid groups (broad SMARTS) is 1. The van der Waals surface area contributed by atoms with E-state index in [9.17, 15) is 9.59 Å². The molecule has 0 aliphatic rings. The highest BCUT2D eigenvalue weighted by Gasteiger charge is 2.06. The molecule has 0 unspecified atom stereocenters. The fourth-order valence-electron chi connectivity index (χ4n) is 1.42. The number of carbonyl (C=O) groups excluding carboxylic acids is 1. The molecule has 0 saturated carbocycles. The maximum absolute atomic E-state index is 11.5. The van der Waals surface area contributed by atoms with Crippen molar-refractivity contribution in [2.75, 3.05) is 11.9 Å². The highest BCUT2D eigenvalue weighted by molar-refractivity contribution is 7.13. The van der Waals surface area contributed by atoms with Crippen LogP contribution >= 0.6 is 11.3 Å². The van der Waals surface area contributed by atoms with Gasteiger partial charge in [0.2, 0.25) is 0 Å². The van der Waals surface area contributed by atoms with E-state index < -0.39 is 5.97 Å². The third kappa shape index (κ3) is 6.76. The molecule has 19 heavy (non-hydrogen) atoms. The molecule has 0 bridgehead atoms. The van der Waals surface area contributed by atoms with Gasteiger partial charge in [0.15, 0.2) is 5.13 Å². The molecule has 2 amide bonds. The third-order valence-corrected chi connectivity index (χ3v) is 3.22. The molecule has 0 aliphatic heterocycles. The van der Waals surface area contributed by atoms with Crippen LogP contribution in [0, 0.1) is 0 Å². The highest BCUT2D eigenvalue weighted by atomic mass is 32.1. The zero-order chi connectivity index (χ0) is 14.1. The number of aliphatic carboxylic acids is 1. The van der Waals surface area contributed by atoms with Crippen LogP contribution in [0.15, 0.2) is 5.38 Å². The quantitative estimate of drug-likeness (QED) is 0.640. The van der Waals surface area contributed by atoms with Crippen LogP contribution in [0.25, 0.3) is 0 Å². The van der Waals surface area contributed by atoms with Crippen molar-refractivity contribution >= 4 is 28.5 Å². The second kappa shape index (κ2) is 8.47. The summed E-state index contributed by atoms with van der Waals surface area (Å²) in [6.45, 7) is 2.71. The van der Waals surface area contributed by atoms with E-state index in [4.69, 9.17) is 5.11 Å². The highest BCUT2D eigenvalue weighted by Crippen LogP contribution is 2.16. The summed E-state index contributed by atoms with van der Waals surface area (Å²) < 4.78 is 0. The first-order valence-electron chi connectivity index (χ1n) is 6.33. The van der Waals surface area contributed by atoms with Gasteiger partial charge in [-0.3, -0.25) is 10.1 Å². The number of aryl methyl sites for hydroxylation is 1. The average molecular weight is 285 g/mol. The van der Waals surface area contributed by atoms with Crippen molar-refractivity contribution in [1.82, 2.24) is 10.3 Å². The molecule has 0 aromatic carbocycles. The van der Waals surface area contributed by atoms with Crippen molar-refractivity contribution in [1.29, 1.82) is 0 Å². The predicted molar refractivity (Wildman–Crippen MR) is 74.6 cm³/mol. The summed E-state index contributed by atoms with van der Waals surface area (Å²) >= 11 is 1.35. The minimum atomic E-state index is -0.802. The number of amides is 2. The largest absolute Gasteiger partial charge is 0.481 e. The minimum Gasteiger partial charge on any atom is -0.481 e. The summed E-state index contributed by atoms with van der Waals surface area (Å²) in [6, 6.07) is -0.250. The van der Waals surface area contributed by atoms with Gasteiger partial charge >= 0.3 is 12.0 Å². The topological polar surface area (TPSA) is 91.3 Å². The van der Waals surface area contributed by atoms with Crippen LogP contribution in [-0.2, 0) is 11.2 Å². The number of carbonyl (C=O) groups is 2. The van der Waals surface area contributed by atoms with Crippen molar-refractivity contribution in [2.45, 2.75) is 39.0 Å². The van der Waals surface area contributed by atoms with Crippen LogP contribution in [0.3, 0.4) is 0 Å². The van der Waals surface area contributed by atoms with E-state index in [-0.39, 0.29) is 12.5 Å². The SMILES string of the molecule is CCCCNC(=O)Nc1nc(CCCC(=O)O)cs1. The van der Waals surface area contributed by atoms with Gasteiger partial charge < -0.3 is 10.4 Å². The molecule has 6 nitrogen and oxygen atoms in total. The molecule has 1 rings (SSSR count). The molecular weight excluding hydrogens is 266 g/mol. The van der Waals surface area contributed by atoms with Gasteiger partial charge in [0.1, 0.15) is 0 Å². The fourth-order valence-corrected chi connectivity index (χ4v) is 2.16. The molecule has 0 atom stereocenters. The Hall–Kier alpha value is -1.63. The van der Waals surface area contributed by atoms with Gasteiger partial charge in [0.25, 0.3) is 0 Å². The summed E-state index contributed by atoms with van der Waals surface area (Å²) in [5, 5.41) is 16.3. The Kier molecular flexibility index (Phi) is 6.88. The monoisotopic (exact) mass is 285 g/mol. The maximum atomic E-state index is 11.5. The Morgan fingerprint density at radius 3 is 2.89 bits per heavy atom. The second-order valence-corrected chi connectivity index (χ2v) is 4.98. The first-order valence-corrected chi connectivity index (χ1v) is 7.20. The zero-order valence-electron chi connectivity index (χ0n) is 10.9. The smallest absolute Gasteiger partial charge is 0.321 e. The van der Waals surface area contributed by atoms with Crippen LogP contribution in [-0.4, -0.2) is 28.6 Å². The molecule has 7 heteroatoms. The number of carboxylic acids is 1. The van der Waals surface area contributed by atoms with Crippen molar-refractivity contribution in [2.24, 2.45) is 0 Å². The normalized spacial score (nSPS) is 10.2. The first-order chi connectivity index (χ1) is 9.11. The Morgan fingerprint density at radius 1 is 1.42 bits per heavy atom. The van der Waals surface area contributed by atoms with Gasteiger partial charge in [0, 0.05) is 18.3 Å². The number of hydrogen-bond acceptors (Lipinski definition) is 4. The van der Waals surface area contributed by atoms with Gasteiger partial charge in [-0.1, -0.05) is 13.3 Å². The van der Waals surface area contributed by atoms with E-state index in [1.807, 2.05) is 5.38 Å². The molecule has 0 saturated heterocycles. The van der Waals surface area contributed by atoms with Crippen LogP contribution < -0.4 is 10.6 Å². The van der Waals surface area contributed by atoms with Crippen LogP contribution in [0.5, 0.6) is 0 Å². The van der Waals surface area contributed by atoms with E-state index in [2.05, 4.69) is 22.5 Å². The second-order valence-electron chi connectivity index (χ2n) is 4.13. The zero-order valence-corrected chi connectivity index (χ0v) is 11.8.